The Kier molecular flexibility index (Phi) is 5.03. The minimum atomic E-state index is -0.217. The number of thiol groups is 1. The molecule has 1 fully saturated rings. The zero-order valence-corrected chi connectivity index (χ0v) is 12.2. The van der Waals surface area contributed by atoms with Gasteiger partial charge in [-0.05, 0) is 29.9 Å². The van der Waals surface area contributed by atoms with E-state index in [-0.39, 0.29) is 24.3 Å². The summed E-state index contributed by atoms with van der Waals surface area (Å²) in [4.78, 5) is 25.2. The zero-order chi connectivity index (χ0) is 14.5. The van der Waals surface area contributed by atoms with Crippen molar-refractivity contribution >= 4 is 35.8 Å². The fourth-order valence-electron chi connectivity index (χ4n) is 2.23. The minimum absolute atomic E-state index is 0.00853. The summed E-state index contributed by atoms with van der Waals surface area (Å²) in [7, 11) is 1.47. The van der Waals surface area contributed by atoms with Crippen molar-refractivity contribution in [3.05, 3.63) is 24.3 Å². The third-order valence-corrected chi connectivity index (χ3v) is 3.70. The first-order chi connectivity index (χ1) is 9.63. The van der Waals surface area contributed by atoms with E-state index < -0.39 is 0 Å². The molecular formula is C14H18N2O3S. The van der Waals surface area contributed by atoms with Crippen LogP contribution in [-0.2, 0) is 14.3 Å². The van der Waals surface area contributed by atoms with Crippen LogP contribution in [0.5, 0.6) is 0 Å². The summed E-state index contributed by atoms with van der Waals surface area (Å²) in [5.74, 6) is 0.875. The molecule has 0 aromatic heterocycles. The number of hydrogen-bond acceptors (Lipinski definition) is 4. The molecule has 1 heterocycles. The Morgan fingerprint density at radius 3 is 3.00 bits per heavy atom. The molecule has 2 amide bonds. The van der Waals surface area contributed by atoms with E-state index in [0.717, 1.165) is 5.69 Å². The number of amides is 2. The Labute approximate surface area is 123 Å². The molecule has 1 unspecified atom stereocenters. The van der Waals surface area contributed by atoms with Gasteiger partial charge < -0.3 is 15.0 Å². The van der Waals surface area contributed by atoms with Crippen molar-refractivity contribution in [2.45, 2.75) is 6.42 Å². The molecule has 1 aliphatic heterocycles. The average Bonchev–Trinajstić information content (AvgIpc) is 2.80. The van der Waals surface area contributed by atoms with Crippen LogP contribution < -0.4 is 10.2 Å². The van der Waals surface area contributed by atoms with Crippen LogP contribution >= 0.6 is 12.6 Å². The average molecular weight is 294 g/mol. The number of hydrogen-bond donors (Lipinski definition) is 2. The van der Waals surface area contributed by atoms with E-state index in [1.807, 2.05) is 12.1 Å². The maximum absolute atomic E-state index is 12.0. The van der Waals surface area contributed by atoms with Crippen LogP contribution in [0.3, 0.4) is 0 Å². The molecule has 108 valence electrons. The molecule has 1 aromatic carbocycles. The quantitative estimate of drug-likeness (QED) is 0.810. The summed E-state index contributed by atoms with van der Waals surface area (Å²) in [5.41, 5.74) is 1.46. The molecule has 5 nitrogen and oxygen atoms in total. The van der Waals surface area contributed by atoms with Crippen LogP contribution in [0.25, 0.3) is 0 Å². The molecule has 1 saturated heterocycles. The highest BCUT2D eigenvalue weighted by Gasteiger charge is 2.29. The molecule has 0 bridgehead atoms. The second kappa shape index (κ2) is 6.76. The number of methoxy groups -OCH3 is 1. The van der Waals surface area contributed by atoms with Crippen molar-refractivity contribution in [2.75, 3.05) is 36.2 Å². The molecule has 0 aliphatic carbocycles. The summed E-state index contributed by atoms with van der Waals surface area (Å²) in [5, 5.41) is 2.73. The predicted octanol–water partition coefficient (Wildman–Crippen LogP) is 1.55. The molecule has 1 aliphatic rings. The Balaban J connectivity index is 2.10. The number of benzene rings is 1. The Morgan fingerprint density at radius 2 is 2.35 bits per heavy atom. The van der Waals surface area contributed by atoms with Crippen molar-refractivity contribution < 1.29 is 14.3 Å². The molecule has 0 radical (unpaired) electrons. The summed E-state index contributed by atoms with van der Waals surface area (Å²) >= 11 is 4.25. The predicted molar refractivity (Wildman–Crippen MR) is 81.3 cm³/mol. The number of carbonyl (C=O) groups excluding carboxylic acids is 2. The van der Waals surface area contributed by atoms with Crippen molar-refractivity contribution in [3.63, 3.8) is 0 Å². The molecule has 1 N–H and O–H groups in total. The molecular weight excluding hydrogens is 276 g/mol. The monoisotopic (exact) mass is 294 g/mol. The SMILES string of the molecule is COCC(=O)Nc1cccc(N2CC(CS)CC2=O)c1. The highest BCUT2D eigenvalue weighted by Crippen LogP contribution is 2.27. The van der Waals surface area contributed by atoms with Gasteiger partial charge in [0.05, 0.1) is 0 Å². The Hall–Kier alpha value is -1.53. The Bertz CT molecular complexity index is 507. The maximum Gasteiger partial charge on any atom is 0.250 e. The van der Waals surface area contributed by atoms with Crippen molar-refractivity contribution in [2.24, 2.45) is 5.92 Å². The minimum Gasteiger partial charge on any atom is -0.375 e. The van der Waals surface area contributed by atoms with E-state index in [1.54, 1.807) is 17.0 Å². The lowest BCUT2D eigenvalue weighted by atomic mass is 10.1. The third kappa shape index (κ3) is 3.52. The second-order valence-electron chi connectivity index (χ2n) is 4.79. The summed E-state index contributed by atoms with van der Waals surface area (Å²) < 4.78 is 4.77. The number of anilines is 2. The summed E-state index contributed by atoms with van der Waals surface area (Å²) in [6.45, 7) is 0.687. The lowest BCUT2D eigenvalue weighted by molar-refractivity contribution is -0.119. The van der Waals surface area contributed by atoms with E-state index in [0.29, 0.717) is 24.4 Å². The van der Waals surface area contributed by atoms with Gasteiger partial charge in [0.1, 0.15) is 6.61 Å². The standard InChI is InChI=1S/C14H18N2O3S/c1-19-8-13(17)15-11-3-2-4-12(6-11)16-7-10(9-20)5-14(16)18/h2-4,6,10,20H,5,7-9H2,1H3,(H,15,17). The smallest absolute Gasteiger partial charge is 0.250 e. The number of nitrogens with zero attached hydrogens (tertiary/aromatic N) is 1. The summed E-state index contributed by atoms with van der Waals surface area (Å²) in [6.07, 6.45) is 0.532. The van der Waals surface area contributed by atoms with Crippen LogP contribution in [0.4, 0.5) is 11.4 Å². The molecule has 0 spiro atoms. The van der Waals surface area contributed by atoms with Crippen LogP contribution in [0, 0.1) is 5.92 Å². The van der Waals surface area contributed by atoms with Gasteiger partial charge in [-0.25, -0.2) is 0 Å². The first-order valence-corrected chi connectivity index (χ1v) is 7.07. The molecule has 6 heteroatoms. The zero-order valence-electron chi connectivity index (χ0n) is 11.3. The highest BCUT2D eigenvalue weighted by atomic mass is 32.1. The van der Waals surface area contributed by atoms with Gasteiger partial charge >= 0.3 is 0 Å². The largest absolute Gasteiger partial charge is 0.375 e. The van der Waals surface area contributed by atoms with E-state index in [2.05, 4.69) is 17.9 Å². The van der Waals surface area contributed by atoms with Gasteiger partial charge in [-0.2, -0.15) is 12.6 Å². The number of carbonyl (C=O) groups is 2. The third-order valence-electron chi connectivity index (χ3n) is 3.18. The fourth-order valence-corrected chi connectivity index (χ4v) is 2.48. The van der Waals surface area contributed by atoms with Gasteiger partial charge in [0.15, 0.2) is 0 Å². The van der Waals surface area contributed by atoms with Gasteiger partial charge in [-0.3, -0.25) is 9.59 Å². The van der Waals surface area contributed by atoms with Gasteiger partial charge in [0, 0.05) is 31.5 Å². The first-order valence-electron chi connectivity index (χ1n) is 6.44. The van der Waals surface area contributed by atoms with Crippen LogP contribution in [-0.4, -0.2) is 37.8 Å². The van der Waals surface area contributed by atoms with Crippen molar-refractivity contribution in [1.29, 1.82) is 0 Å². The summed E-state index contributed by atoms with van der Waals surface area (Å²) in [6, 6.07) is 7.27. The van der Waals surface area contributed by atoms with E-state index in [1.165, 1.54) is 7.11 Å². The highest BCUT2D eigenvalue weighted by molar-refractivity contribution is 7.80. The first kappa shape index (κ1) is 14.9. The lowest BCUT2D eigenvalue weighted by Crippen LogP contribution is -2.25. The van der Waals surface area contributed by atoms with E-state index in [9.17, 15) is 9.59 Å². The van der Waals surface area contributed by atoms with Crippen molar-refractivity contribution in [1.82, 2.24) is 0 Å². The number of rotatable bonds is 5. The topological polar surface area (TPSA) is 58.6 Å². The maximum atomic E-state index is 12.0. The molecule has 2 rings (SSSR count). The lowest BCUT2D eigenvalue weighted by Gasteiger charge is -2.17. The van der Waals surface area contributed by atoms with E-state index >= 15 is 0 Å². The van der Waals surface area contributed by atoms with Gasteiger partial charge in [0.25, 0.3) is 0 Å². The van der Waals surface area contributed by atoms with E-state index in [4.69, 9.17) is 4.74 Å². The molecule has 0 saturated carbocycles. The van der Waals surface area contributed by atoms with Crippen LogP contribution in [0.1, 0.15) is 6.42 Å². The fraction of sp³-hybridized carbons (Fsp3) is 0.429. The molecule has 1 aromatic rings. The molecule has 20 heavy (non-hydrogen) atoms. The van der Waals surface area contributed by atoms with Gasteiger partial charge in [-0.15, -0.1) is 0 Å². The van der Waals surface area contributed by atoms with Gasteiger partial charge in [-0.1, -0.05) is 6.07 Å². The van der Waals surface area contributed by atoms with Gasteiger partial charge in [0.2, 0.25) is 11.8 Å². The second-order valence-corrected chi connectivity index (χ2v) is 5.15. The number of nitrogens with one attached hydrogen (secondary N) is 1. The Morgan fingerprint density at radius 1 is 1.55 bits per heavy atom. The normalized spacial score (nSPS) is 18.4. The van der Waals surface area contributed by atoms with Crippen LogP contribution in [0.2, 0.25) is 0 Å². The van der Waals surface area contributed by atoms with Crippen LogP contribution in [0.15, 0.2) is 24.3 Å². The molecule has 1 atom stereocenters. The van der Waals surface area contributed by atoms with Crippen molar-refractivity contribution in [3.8, 4) is 0 Å². The number of ether oxygens (including phenoxy) is 1.